The molecule has 218 valence electrons. The zero-order valence-corrected chi connectivity index (χ0v) is 22.9. The molecule has 6 rings (SSSR count). The summed E-state index contributed by atoms with van der Waals surface area (Å²) >= 11 is 0. The minimum atomic E-state index is -5.55. The summed E-state index contributed by atoms with van der Waals surface area (Å²) in [5.74, 6) is -0.371. The van der Waals surface area contributed by atoms with Gasteiger partial charge in [-0.3, -0.25) is 0 Å². The highest BCUT2D eigenvalue weighted by Gasteiger charge is 2.48. The molecule has 41 heavy (non-hydrogen) atoms. The van der Waals surface area contributed by atoms with E-state index in [2.05, 4.69) is 46.7 Å². The molecule has 0 saturated heterocycles. The number of halogens is 3. The van der Waals surface area contributed by atoms with E-state index in [1.54, 1.807) is 12.5 Å². The standard InChI is InChI=1S/2C10H10O.C7H5F3O3S.C4H6O/c2*1-2-5-9(6-3-1)10-7-4-8-11-10;8-7(9,10)14(11,12)13-6-4-2-1-3-5-6;1-2-4-5-3-1/h1-6,8,10H,7H2;1-7,10H,8H2;1-5H;1,3H,2,4H2. The summed E-state index contributed by atoms with van der Waals surface area (Å²) in [7, 11) is -5.55. The molecule has 3 aromatic rings. The number of rotatable bonds is 4. The molecule has 0 bridgehead atoms. The first-order chi connectivity index (χ1) is 19.8. The lowest BCUT2D eigenvalue weighted by Crippen LogP contribution is -2.27. The minimum absolute atomic E-state index is 0.191. The maximum Gasteiger partial charge on any atom is 0.534 e. The normalized spacial score (nSPS) is 18.4. The molecular formula is C31H31F3O6S. The second kappa shape index (κ2) is 16.3. The minimum Gasteiger partial charge on any atom is -0.501 e. The van der Waals surface area contributed by atoms with Gasteiger partial charge in [-0.15, -0.1) is 0 Å². The van der Waals surface area contributed by atoms with E-state index in [1.807, 2.05) is 42.5 Å². The summed E-state index contributed by atoms with van der Waals surface area (Å²) in [5, 5.41) is 0. The van der Waals surface area contributed by atoms with Crippen LogP contribution in [-0.4, -0.2) is 27.1 Å². The van der Waals surface area contributed by atoms with Gasteiger partial charge in [0.25, 0.3) is 0 Å². The largest absolute Gasteiger partial charge is 0.534 e. The van der Waals surface area contributed by atoms with E-state index in [9.17, 15) is 21.6 Å². The topological polar surface area (TPSA) is 71.1 Å². The Hall–Kier alpha value is -4.02. The van der Waals surface area contributed by atoms with Crippen molar-refractivity contribution in [2.75, 3.05) is 13.2 Å². The van der Waals surface area contributed by atoms with E-state index in [-0.39, 0.29) is 18.0 Å². The van der Waals surface area contributed by atoms with Gasteiger partial charge in [0.2, 0.25) is 0 Å². The molecule has 0 fully saturated rings. The molecule has 0 spiro atoms. The highest BCUT2D eigenvalue weighted by Crippen LogP contribution is 2.27. The Morgan fingerprint density at radius 3 is 1.80 bits per heavy atom. The van der Waals surface area contributed by atoms with Gasteiger partial charge in [-0.25, -0.2) is 0 Å². The van der Waals surface area contributed by atoms with Gasteiger partial charge >= 0.3 is 15.6 Å². The van der Waals surface area contributed by atoms with Gasteiger partial charge in [0.05, 0.1) is 25.7 Å². The third-order valence-corrected chi connectivity index (χ3v) is 6.48. The first-order valence-electron chi connectivity index (χ1n) is 12.8. The Bertz CT molecular complexity index is 1330. The number of para-hydroxylation sites is 1. The molecule has 3 aromatic carbocycles. The van der Waals surface area contributed by atoms with Crippen LogP contribution in [0.3, 0.4) is 0 Å². The molecule has 0 saturated carbocycles. The van der Waals surface area contributed by atoms with Crippen LogP contribution in [0, 0.1) is 0 Å². The van der Waals surface area contributed by atoms with Crippen molar-refractivity contribution in [2.24, 2.45) is 0 Å². The molecule has 0 aliphatic carbocycles. The van der Waals surface area contributed by atoms with Crippen molar-refractivity contribution in [3.63, 3.8) is 0 Å². The number of ether oxygens (including phenoxy) is 3. The van der Waals surface area contributed by atoms with Gasteiger partial charge in [0.1, 0.15) is 18.0 Å². The number of hydrogen-bond acceptors (Lipinski definition) is 6. The molecule has 0 N–H and O–H groups in total. The van der Waals surface area contributed by atoms with Crippen molar-refractivity contribution in [3.05, 3.63) is 139 Å². The molecule has 3 aliphatic rings. The molecule has 0 aromatic heterocycles. The van der Waals surface area contributed by atoms with Gasteiger partial charge in [0, 0.05) is 12.8 Å². The Labute approximate surface area is 238 Å². The van der Waals surface area contributed by atoms with E-state index in [0.717, 1.165) is 38.2 Å². The fraction of sp³-hybridized carbons (Fsp3) is 0.226. The van der Waals surface area contributed by atoms with Crippen molar-refractivity contribution in [1.29, 1.82) is 0 Å². The molecule has 6 nitrogen and oxygen atoms in total. The van der Waals surface area contributed by atoms with Crippen LogP contribution in [-0.2, 0) is 24.3 Å². The smallest absolute Gasteiger partial charge is 0.501 e. The van der Waals surface area contributed by atoms with Crippen molar-refractivity contribution in [2.45, 2.75) is 30.6 Å². The first kappa shape index (κ1) is 31.5. The summed E-state index contributed by atoms with van der Waals surface area (Å²) in [5.41, 5.74) is -2.90. The van der Waals surface area contributed by atoms with Crippen LogP contribution in [0.4, 0.5) is 13.2 Å². The van der Waals surface area contributed by atoms with Crippen LogP contribution in [0.25, 0.3) is 0 Å². The van der Waals surface area contributed by atoms with Crippen LogP contribution in [0.5, 0.6) is 5.75 Å². The molecule has 3 aliphatic heterocycles. The van der Waals surface area contributed by atoms with E-state index >= 15 is 0 Å². The Morgan fingerprint density at radius 2 is 1.37 bits per heavy atom. The number of hydrogen-bond donors (Lipinski definition) is 0. The molecule has 2 atom stereocenters. The van der Waals surface area contributed by atoms with Gasteiger partial charge in [0.15, 0.2) is 0 Å². The lowest BCUT2D eigenvalue weighted by Gasteiger charge is -2.09. The Morgan fingerprint density at radius 1 is 0.756 bits per heavy atom. The first-order valence-corrected chi connectivity index (χ1v) is 14.2. The predicted molar refractivity (Wildman–Crippen MR) is 150 cm³/mol. The summed E-state index contributed by atoms with van der Waals surface area (Å²) in [6.45, 7) is 1.64. The van der Waals surface area contributed by atoms with Gasteiger partial charge < -0.3 is 18.4 Å². The SMILES string of the molecule is C1=CC(c2ccccc2)OC1.C1=COC(c2ccccc2)C1.C1=COCC1.O=S(=O)(Oc1ccccc1)C(F)(F)F. The summed E-state index contributed by atoms with van der Waals surface area (Å²) in [4.78, 5) is 0. The Kier molecular flexibility index (Phi) is 12.5. The maximum absolute atomic E-state index is 11.8. The third-order valence-electron chi connectivity index (χ3n) is 5.50. The molecule has 0 amide bonds. The average Bonchev–Trinajstić information content (AvgIpc) is 3.80. The zero-order valence-electron chi connectivity index (χ0n) is 22.1. The highest BCUT2D eigenvalue weighted by molar-refractivity contribution is 7.88. The number of benzene rings is 3. The number of alkyl halides is 3. The van der Waals surface area contributed by atoms with Crippen molar-refractivity contribution >= 4 is 10.1 Å². The van der Waals surface area contributed by atoms with E-state index in [1.165, 1.54) is 29.3 Å². The second-order valence-electron chi connectivity index (χ2n) is 8.56. The average molecular weight is 589 g/mol. The van der Waals surface area contributed by atoms with E-state index in [4.69, 9.17) is 14.2 Å². The van der Waals surface area contributed by atoms with Crippen molar-refractivity contribution in [1.82, 2.24) is 0 Å². The molecule has 2 unspecified atom stereocenters. The predicted octanol–water partition coefficient (Wildman–Crippen LogP) is 7.81. The van der Waals surface area contributed by atoms with Gasteiger partial charge in [-0.1, -0.05) is 91.0 Å². The van der Waals surface area contributed by atoms with Crippen molar-refractivity contribution < 1.29 is 40.0 Å². The lowest BCUT2D eigenvalue weighted by atomic mass is 10.1. The van der Waals surface area contributed by atoms with Crippen LogP contribution in [0.1, 0.15) is 36.2 Å². The molecule has 10 heteroatoms. The fourth-order valence-electron chi connectivity index (χ4n) is 3.50. The molecular weight excluding hydrogens is 557 g/mol. The van der Waals surface area contributed by atoms with Crippen LogP contribution >= 0.6 is 0 Å². The second-order valence-corrected chi connectivity index (χ2v) is 10.1. The van der Waals surface area contributed by atoms with E-state index in [0.29, 0.717) is 0 Å². The van der Waals surface area contributed by atoms with Crippen LogP contribution in [0.2, 0.25) is 0 Å². The third kappa shape index (κ3) is 11.2. The van der Waals surface area contributed by atoms with Crippen LogP contribution < -0.4 is 4.18 Å². The van der Waals surface area contributed by atoms with Crippen molar-refractivity contribution in [3.8, 4) is 5.75 Å². The van der Waals surface area contributed by atoms with Gasteiger partial charge in [-0.05, 0) is 35.4 Å². The molecule has 0 radical (unpaired) electrons. The Balaban J connectivity index is 0.000000157. The molecule has 3 heterocycles. The zero-order chi connectivity index (χ0) is 29.4. The summed E-state index contributed by atoms with van der Waals surface area (Å²) < 4.78 is 75.7. The summed E-state index contributed by atoms with van der Waals surface area (Å²) in [6, 6.07) is 27.0. The summed E-state index contributed by atoms with van der Waals surface area (Å²) in [6.07, 6.45) is 14.3. The van der Waals surface area contributed by atoms with Crippen LogP contribution in [0.15, 0.2) is 128 Å². The maximum atomic E-state index is 11.8. The highest BCUT2D eigenvalue weighted by atomic mass is 32.2. The lowest BCUT2D eigenvalue weighted by molar-refractivity contribution is -0.0500. The fourth-order valence-corrected chi connectivity index (χ4v) is 3.96. The van der Waals surface area contributed by atoms with E-state index < -0.39 is 15.6 Å². The quantitative estimate of drug-likeness (QED) is 0.176. The van der Waals surface area contributed by atoms with Gasteiger partial charge in [-0.2, -0.15) is 21.6 Å². The monoisotopic (exact) mass is 588 g/mol.